The van der Waals surface area contributed by atoms with Gasteiger partial charge in [-0.05, 0) is 52.0 Å². The van der Waals surface area contributed by atoms with Crippen LogP contribution in [0.2, 0.25) is 10.0 Å². The van der Waals surface area contributed by atoms with E-state index in [1.807, 2.05) is 27.7 Å². The first kappa shape index (κ1) is 30.2. The number of halogens is 6. The molecule has 0 radical (unpaired) electrons. The van der Waals surface area contributed by atoms with Crippen molar-refractivity contribution in [2.75, 3.05) is 0 Å². The summed E-state index contributed by atoms with van der Waals surface area (Å²) in [6, 6.07) is 4.80. The summed E-state index contributed by atoms with van der Waals surface area (Å²) >= 11 is 11.5. The molecule has 164 valence electrons. The van der Waals surface area contributed by atoms with Crippen molar-refractivity contribution in [3.8, 4) is 11.5 Å². The average molecular weight is 500 g/mol. The Bertz CT molecular complexity index is 851. The van der Waals surface area contributed by atoms with Crippen molar-refractivity contribution in [3.05, 3.63) is 68.8 Å². The second kappa shape index (κ2) is 14.1. The molecule has 0 fully saturated rings. The van der Waals surface area contributed by atoms with Gasteiger partial charge in [-0.1, -0.05) is 23.2 Å². The van der Waals surface area contributed by atoms with Gasteiger partial charge in [-0.2, -0.15) is 0 Å². The summed E-state index contributed by atoms with van der Waals surface area (Å²) in [7, 11) is 0. The second-order valence-corrected chi connectivity index (χ2v) is 6.84. The molecule has 0 amide bonds. The highest BCUT2D eigenvalue weighted by molar-refractivity contribution is 6.32. The van der Waals surface area contributed by atoms with Crippen LogP contribution in [0, 0.1) is 24.8 Å². The van der Waals surface area contributed by atoms with Crippen LogP contribution in [0.25, 0.3) is 9.69 Å². The van der Waals surface area contributed by atoms with Gasteiger partial charge in [-0.25, -0.2) is 18.5 Å². The molecular formula is C20H20Cl4F2N2O2. The minimum atomic E-state index is -0.624. The molecule has 0 heterocycles. The first-order valence-electron chi connectivity index (χ1n) is 8.15. The van der Waals surface area contributed by atoms with Crippen LogP contribution in [0.1, 0.15) is 27.7 Å². The van der Waals surface area contributed by atoms with Crippen molar-refractivity contribution >= 4 is 59.4 Å². The smallest absolute Gasteiger partial charge is 0.225 e. The SMILES string of the molecule is Cl.Cl.[C-]#[N+]c1cc(OC(C)C)c(Cl)cc1F.[C-]#[N+]c1cc(OC(C)C)c(Cl)cc1F. The molecule has 0 aromatic heterocycles. The summed E-state index contributed by atoms with van der Waals surface area (Å²) in [6.07, 6.45) is -0.118. The van der Waals surface area contributed by atoms with Crippen molar-refractivity contribution in [2.24, 2.45) is 0 Å². The predicted octanol–water partition coefficient (Wildman–Crippen LogP) is 8.48. The average Bonchev–Trinajstić information content (AvgIpc) is 2.59. The predicted molar refractivity (Wildman–Crippen MR) is 121 cm³/mol. The van der Waals surface area contributed by atoms with E-state index in [1.54, 1.807) is 0 Å². The normalized spacial score (nSPS) is 9.33. The van der Waals surface area contributed by atoms with Crippen molar-refractivity contribution in [2.45, 2.75) is 39.9 Å². The molecule has 0 aliphatic rings. The van der Waals surface area contributed by atoms with E-state index in [2.05, 4.69) is 9.69 Å². The van der Waals surface area contributed by atoms with Gasteiger partial charge < -0.3 is 9.47 Å². The van der Waals surface area contributed by atoms with Crippen LogP contribution in [0.4, 0.5) is 20.2 Å². The van der Waals surface area contributed by atoms with E-state index >= 15 is 0 Å². The standard InChI is InChI=1S/2C10H9ClFNO.2ClH/c2*1-6(2)14-10-5-9(13-3)8(12)4-7(10)11;;/h2*4-6H,1-2H3;2*1H. The van der Waals surface area contributed by atoms with Crippen LogP contribution in [0.5, 0.6) is 11.5 Å². The molecule has 4 nitrogen and oxygen atoms in total. The number of hydrogen-bond donors (Lipinski definition) is 0. The molecule has 0 spiro atoms. The highest BCUT2D eigenvalue weighted by Gasteiger charge is 2.11. The van der Waals surface area contributed by atoms with E-state index in [4.69, 9.17) is 45.8 Å². The molecule has 30 heavy (non-hydrogen) atoms. The van der Waals surface area contributed by atoms with Crippen LogP contribution < -0.4 is 9.47 Å². The number of ether oxygens (including phenoxy) is 2. The maximum absolute atomic E-state index is 13.0. The Morgan fingerprint density at radius 1 is 0.733 bits per heavy atom. The Hall–Kier alpha value is -1.96. The molecular weight excluding hydrogens is 480 g/mol. The van der Waals surface area contributed by atoms with Gasteiger partial charge >= 0.3 is 0 Å². The van der Waals surface area contributed by atoms with Crippen molar-refractivity contribution in [1.29, 1.82) is 0 Å². The summed E-state index contributed by atoms with van der Waals surface area (Å²) in [6.45, 7) is 20.8. The van der Waals surface area contributed by atoms with E-state index in [9.17, 15) is 8.78 Å². The van der Waals surface area contributed by atoms with Gasteiger partial charge in [-0.3, -0.25) is 0 Å². The summed E-state index contributed by atoms with van der Waals surface area (Å²) in [5, 5.41) is 0.368. The fourth-order valence-electron chi connectivity index (χ4n) is 1.90. The Labute approximate surface area is 197 Å². The zero-order valence-electron chi connectivity index (χ0n) is 16.5. The van der Waals surface area contributed by atoms with Crippen LogP contribution >= 0.6 is 48.0 Å². The van der Waals surface area contributed by atoms with E-state index in [0.717, 1.165) is 12.1 Å². The molecule has 0 saturated heterocycles. The topological polar surface area (TPSA) is 27.2 Å². The highest BCUT2D eigenvalue weighted by Crippen LogP contribution is 2.33. The number of benzene rings is 2. The fraction of sp³-hybridized carbons (Fsp3) is 0.300. The van der Waals surface area contributed by atoms with Crippen LogP contribution in [-0.2, 0) is 0 Å². The lowest BCUT2D eigenvalue weighted by molar-refractivity contribution is 0.242. The molecule has 0 N–H and O–H groups in total. The van der Waals surface area contributed by atoms with E-state index in [-0.39, 0.29) is 58.4 Å². The van der Waals surface area contributed by atoms with Gasteiger partial charge in [0.25, 0.3) is 0 Å². The molecule has 2 aromatic rings. The van der Waals surface area contributed by atoms with Gasteiger partial charge in [0.15, 0.2) is 0 Å². The second-order valence-electron chi connectivity index (χ2n) is 6.02. The number of rotatable bonds is 4. The molecule has 0 bridgehead atoms. The first-order chi connectivity index (χ1) is 13.1. The lowest BCUT2D eigenvalue weighted by Gasteiger charge is -2.11. The molecule has 10 heteroatoms. The summed E-state index contributed by atoms with van der Waals surface area (Å²) < 4.78 is 36.6. The molecule has 0 atom stereocenters. The van der Waals surface area contributed by atoms with E-state index < -0.39 is 11.6 Å². The largest absolute Gasteiger partial charge is 0.491 e. The van der Waals surface area contributed by atoms with Crippen molar-refractivity contribution < 1.29 is 18.3 Å². The summed E-state index contributed by atoms with van der Waals surface area (Å²) in [5.74, 6) is -0.564. The highest BCUT2D eigenvalue weighted by atomic mass is 35.5. The molecule has 0 saturated carbocycles. The first-order valence-corrected chi connectivity index (χ1v) is 8.90. The monoisotopic (exact) mass is 498 g/mol. The van der Waals surface area contributed by atoms with Gasteiger partial charge in [0, 0.05) is 0 Å². The molecule has 0 aliphatic carbocycles. The minimum absolute atomic E-state index is 0. The van der Waals surface area contributed by atoms with Gasteiger partial charge in [-0.15, -0.1) is 24.8 Å². The Morgan fingerprint density at radius 3 is 1.27 bits per heavy atom. The zero-order valence-corrected chi connectivity index (χ0v) is 19.6. The lowest BCUT2D eigenvalue weighted by Crippen LogP contribution is -2.05. The summed E-state index contributed by atoms with van der Waals surface area (Å²) in [4.78, 5) is 6.03. The third kappa shape index (κ3) is 9.24. The van der Waals surface area contributed by atoms with Crippen LogP contribution in [0.3, 0.4) is 0 Å². The van der Waals surface area contributed by atoms with E-state index in [0.29, 0.717) is 11.5 Å². The lowest BCUT2D eigenvalue weighted by atomic mass is 10.3. The van der Waals surface area contributed by atoms with Gasteiger partial charge in [0.1, 0.15) is 23.1 Å². The molecule has 0 aliphatic heterocycles. The van der Waals surface area contributed by atoms with Crippen molar-refractivity contribution in [1.82, 2.24) is 0 Å². The van der Waals surface area contributed by atoms with Gasteiger partial charge in [0.05, 0.1) is 35.4 Å². The van der Waals surface area contributed by atoms with Crippen LogP contribution in [0.15, 0.2) is 24.3 Å². The molecule has 2 aromatic carbocycles. The Kier molecular flexibility index (Phi) is 14.2. The third-order valence-electron chi connectivity index (χ3n) is 2.97. The quantitative estimate of drug-likeness (QED) is 0.394. The van der Waals surface area contributed by atoms with Gasteiger partial charge in [0.2, 0.25) is 11.4 Å². The van der Waals surface area contributed by atoms with Crippen LogP contribution in [-0.4, -0.2) is 12.2 Å². The third-order valence-corrected chi connectivity index (χ3v) is 3.56. The van der Waals surface area contributed by atoms with E-state index in [1.165, 1.54) is 12.1 Å². The minimum Gasteiger partial charge on any atom is -0.491 e. The number of hydrogen-bond acceptors (Lipinski definition) is 2. The van der Waals surface area contributed by atoms with Crippen molar-refractivity contribution in [3.63, 3.8) is 0 Å². The zero-order chi connectivity index (χ0) is 21.4. The maximum Gasteiger partial charge on any atom is 0.225 e. The summed E-state index contributed by atoms with van der Waals surface area (Å²) in [5.41, 5.74) is -0.157. The molecule has 0 unspecified atom stereocenters. The molecule has 2 rings (SSSR count). The fourth-order valence-corrected chi connectivity index (χ4v) is 2.29. The number of nitrogens with zero attached hydrogens (tertiary/aromatic N) is 2. The maximum atomic E-state index is 13.0. The Balaban J connectivity index is 0. The Morgan fingerprint density at radius 2 is 1.03 bits per heavy atom.